The van der Waals surface area contributed by atoms with Crippen LogP contribution in [0.2, 0.25) is 0 Å². The highest BCUT2D eigenvalue weighted by Crippen LogP contribution is 2.57. The molecule has 140 valence electrons. The van der Waals surface area contributed by atoms with E-state index in [0.29, 0.717) is 22.1 Å². The molecule has 5 heteroatoms. The van der Waals surface area contributed by atoms with E-state index in [1.54, 1.807) is 11.9 Å². The normalized spacial score (nSPS) is 21.5. The first-order valence-corrected chi connectivity index (χ1v) is 11.2. The van der Waals surface area contributed by atoms with Crippen LogP contribution in [-0.4, -0.2) is 19.1 Å². The van der Waals surface area contributed by atoms with E-state index in [-0.39, 0.29) is 12.1 Å². The van der Waals surface area contributed by atoms with Crippen LogP contribution in [-0.2, 0) is 14.8 Å². The Hall–Kier alpha value is -2.84. The molecule has 0 saturated heterocycles. The van der Waals surface area contributed by atoms with Gasteiger partial charge in [-0.05, 0) is 42.8 Å². The number of hydrogen-bond acceptors (Lipinski definition) is 3. The van der Waals surface area contributed by atoms with Crippen molar-refractivity contribution in [2.24, 2.45) is 0 Å². The number of benzene rings is 3. The lowest BCUT2D eigenvalue weighted by atomic mass is 9.86. The lowest BCUT2D eigenvalue weighted by Gasteiger charge is -2.33. The van der Waals surface area contributed by atoms with Crippen LogP contribution in [0.4, 0.5) is 5.69 Å². The second-order valence-electron chi connectivity index (χ2n) is 7.65. The van der Waals surface area contributed by atoms with Gasteiger partial charge in [0.25, 0.3) is 0 Å². The Morgan fingerprint density at radius 2 is 1.43 bits per heavy atom. The van der Waals surface area contributed by atoms with Gasteiger partial charge >= 0.3 is 0 Å². The fraction of sp³-hybridized carbons (Fsp3) is 0.174. The average Bonchev–Trinajstić information content (AvgIpc) is 2.90. The number of carbonyl (C=O) groups excluding carboxylic acids is 1. The molecular weight excluding hydrogens is 369 g/mol. The third kappa shape index (κ3) is 2.18. The van der Waals surface area contributed by atoms with Gasteiger partial charge in [0.1, 0.15) is 11.5 Å². The number of amides is 1. The second-order valence-corrected chi connectivity index (χ2v) is 10.4. The third-order valence-corrected chi connectivity index (χ3v) is 9.28. The fourth-order valence-electron chi connectivity index (χ4n) is 4.53. The molecule has 4 nitrogen and oxygen atoms in total. The third-order valence-electron chi connectivity index (χ3n) is 5.90. The van der Waals surface area contributed by atoms with Crippen LogP contribution in [0, 0.1) is 0 Å². The van der Waals surface area contributed by atoms with Crippen molar-refractivity contribution >= 4 is 29.3 Å². The van der Waals surface area contributed by atoms with Gasteiger partial charge in [0.05, 0.1) is 16.0 Å². The first kappa shape index (κ1) is 17.3. The van der Waals surface area contributed by atoms with Crippen molar-refractivity contribution in [3.63, 3.8) is 0 Å². The fourth-order valence-corrected chi connectivity index (χ4v) is 7.93. The van der Waals surface area contributed by atoms with Gasteiger partial charge in [0.2, 0.25) is 5.91 Å². The Bertz CT molecular complexity index is 1120. The number of ether oxygens (including phenoxy) is 1. The maximum atomic E-state index is 14.7. The van der Waals surface area contributed by atoms with Crippen LogP contribution in [0.25, 0.3) is 0 Å². The van der Waals surface area contributed by atoms with Gasteiger partial charge < -0.3 is 14.2 Å². The highest BCUT2D eigenvalue weighted by atomic mass is 31.2. The molecule has 3 aromatic carbocycles. The van der Waals surface area contributed by atoms with Crippen LogP contribution in [0.15, 0.2) is 72.8 Å². The molecule has 1 atom stereocenters. The quantitative estimate of drug-likeness (QED) is 0.622. The standard InChI is InChI=1S/C23H20NO3P/c1-23(16-9-3-4-10-17(16)24(2)22(23)25)15-28(26)20-13-7-5-11-18(20)27-19-12-6-8-14-21(19)28/h3-14H,15H2,1-2H3. The van der Waals surface area contributed by atoms with E-state index < -0.39 is 12.6 Å². The van der Waals surface area contributed by atoms with Crippen LogP contribution >= 0.6 is 7.14 Å². The van der Waals surface area contributed by atoms with Crippen LogP contribution < -0.4 is 20.2 Å². The SMILES string of the molecule is CN1C(=O)C(C)(CP2(=O)c3ccccc3Oc3ccccc32)c2ccccc21. The smallest absolute Gasteiger partial charge is 0.237 e. The minimum atomic E-state index is -3.10. The molecule has 0 spiro atoms. The van der Waals surface area contributed by atoms with Crippen LogP contribution in [0.1, 0.15) is 12.5 Å². The number of hydrogen-bond donors (Lipinski definition) is 0. The number of rotatable bonds is 2. The molecule has 0 radical (unpaired) electrons. The molecule has 0 aromatic heterocycles. The van der Waals surface area contributed by atoms with Gasteiger partial charge in [0.15, 0.2) is 7.14 Å². The minimum absolute atomic E-state index is 0.0228. The summed E-state index contributed by atoms with van der Waals surface area (Å²) in [6, 6.07) is 22.7. The highest BCUT2D eigenvalue weighted by Gasteiger charge is 2.52. The zero-order chi connectivity index (χ0) is 19.5. The van der Waals surface area contributed by atoms with Gasteiger partial charge in [-0.15, -0.1) is 0 Å². The van der Waals surface area contributed by atoms with Crippen molar-refractivity contribution in [1.29, 1.82) is 0 Å². The molecule has 28 heavy (non-hydrogen) atoms. The number of anilines is 1. The maximum Gasteiger partial charge on any atom is 0.237 e. The average molecular weight is 389 g/mol. The van der Waals surface area contributed by atoms with Gasteiger partial charge in [-0.25, -0.2) is 0 Å². The molecule has 2 aliphatic heterocycles. The van der Waals surface area contributed by atoms with E-state index in [1.807, 2.05) is 79.7 Å². The first-order valence-electron chi connectivity index (χ1n) is 9.29. The largest absolute Gasteiger partial charge is 0.456 e. The Morgan fingerprint density at radius 3 is 2.07 bits per heavy atom. The number of likely N-dealkylation sites (N-methyl/N-ethyl adjacent to an activating group) is 1. The molecule has 2 aliphatic rings. The lowest BCUT2D eigenvalue weighted by Crippen LogP contribution is -2.42. The predicted octanol–water partition coefficient (Wildman–Crippen LogP) is 4.04. The van der Waals surface area contributed by atoms with Gasteiger partial charge in [-0.3, -0.25) is 4.79 Å². The second kappa shape index (κ2) is 5.83. The number of para-hydroxylation sites is 3. The molecule has 0 fully saturated rings. The molecule has 5 rings (SSSR count). The molecule has 2 heterocycles. The molecule has 0 N–H and O–H groups in total. The summed E-state index contributed by atoms with van der Waals surface area (Å²) in [5.41, 5.74) is 0.953. The molecule has 1 unspecified atom stereocenters. The Morgan fingerprint density at radius 1 is 0.893 bits per heavy atom. The summed E-state index contributed by atoms with van der Waals surface area (Å²) in [5.74, 6) is 1.20. The minimum Gasteiger partial charge on any atom is -0.456 e. The summed E-state index contributed by atoms with van der Waals surface area (Å²) in [6.07, 6.45) is 0.234. The van der Waals surface area contributed by atoms with Crippen molar-refractivity contribution in [3.05, 3.63) is 78.4 Å². The maximum absolute atomic E-state index is 14.7. The van der Waals surface area contributed by atoms with Crippen LogP contribution in [0.3, 0.4) is 0 Å². The zero-order valence-corrected chi connectivity index (χ0v) is 16.6. The summed E-state index contributed by atoms with van der Waals surface area (Å²) >= 11 is 0. The Labute approximate surface area is 164 Å². The van der Waals surface area contributed by atoms with Crippen molar-refractivity contribution in [2.75, 3.05) is 18.1 Å². The molecular formula is C23H20NO3P. The van der Waals surface area contributed by atoms with E-state index in [9.17, 15) is 9.36 Å². The summed E-state index contributed by atoms with van der Waals surface area (Å²) in [6.45, 7) is 1.91. The van der Waals surface area contributed by atoms with Gasteiger partial charge in [-0.1, -0.05) is 42.5 Å². The highest BCUT2D eigenvalue weighted by molar-refractivity contribution is 7.79. The van der Waals surface area contributed by atoms with Gasteiger partial charge in [-0.2, -0.15) is 0 Å². The van der Waals surface area contributed by atoms with E-state index in [2.05, 4.69) is 0 Å². The van der Waals surface area contributed by atoms with Crippen LogP contribution in [0.5, 0.6) is 11.5 Å². The topological polar surface area (TPSA) is 46.6 Å². The summed E-state index contributed by atoms with van der Waals surface area (Å²) < 4.78 is 20.7. The van der Waals surface area contributed by atoms with Crippen molar-refractivity contribution in [2.45, 2.75) is 12.3 Å². The van der Waals surface area contributed by atoms with E-state index in [4.69, 9.17) is 4.74 Å². The van der Waals surface area contributed by atoms with E-state index in [1.165, 1.54) is 0 Å². The lowest BCUT2D eigenvalue weighted by molar-refractivity contribution is -0.121. The van der Waals surface area contributed by atoms with Crippen molar-refractivity contribution in [1.82, 2.24) is 0 Å². The Balaban J connectivity index is 1.73. The van der Waals surface area contributed by atoms with Gasteiger partial charge in [0, 0.05) is 18.9 Å². The summed E-state index contributed by atoms with van der Waals surface area (Å²) in [5, 5.41) is 1.38. The zero-order valence-electron chi connectivity index (χ0n) is 15.8. The summed E-state index contributed by atoms with van der Waals surface area (Å²) in [4.78, 5) is 15.0. The number of nitrogens with zero attached hydrogens (tertiary/aromatic N) is 1. The summed E-state index contributed by atoms with van der Waals surface area (Å²) in [7, 11) is -1.31. The Kier molecular flexibility index (Phi) is 3.59. The molecule has 0 bridgehead atoms. The van der Waals surface area contributed by atoms with Crippen molar-refractivity contribution < 1.29 is 14.1 Å². The molecule has 0 aliphatic carbocycles. The molecule has 3 aromatic rings. The van der Waals surface area contributed by atoms with E-state index >= 15 is 0 Å². The predicted molar refractivity (Wildman–Crippen MR) is 112 cm³/mol. The number of carbonyl (C=O) groups is 1. The van der Waals surface area contributed by atoms with E-state index in [0.717, 1.165) is 11.3 Å². The van der Waals surface area contributed by atoms with Crippen molar-refractivity contribution in [3.8, 4) is 11.5 Å². The molecule has 1 amide bonds. The first-order chi connectivity index (χ1) is 13.4. The monoisotopic (exact) mass is 389 g/mol. The number of fused-ring (bicyclic) bond motifs is 3. The molecule has 0 saturated carbocycles.